The molecule has 1 N–H and O–H groups in total. The molecule has 1 aromatic heterocycles. The highest BCUT2D eigenvalue weighted by molar-refractivity contribution is 6.00. The van der Waals surface area contributed by atoms with Crippen molar-refractivity contribution in [1.29, 1.82) is 0 Å². The lowest BCUT2D eigenvalue weighted by molar-refractivity contribution is -0.145. The minimum atomic E-state index is -0.423. The number of nitrogens with zero attached hydrogens (tertiary/aromatic N) is 1. The van der Waals surface area contributed by atoms with E-state index >= 15 is 0 Å². The Balaban J connectivity index is 1.96. The first-order chi connectivity index (χ1) is 11.0. The van der Waals surface area contributed by atoms with Crippen LogP contribution in [0.2, 0.25) is 0 Å². The van der Waals surface area contributed by atoms with Crippen molar-refractivity contribution in [2.45, 2.75) is 20.8 Å². The second-order valence-corrected chi connectivity index (χ2v) is 5.01. The fraction of sp³-hybridized carbons (Fsp3) is 0.294. The van der Waals surface area contributed by atoms with Gasteiger partial charge in [0.15, 0.2) is 6.61 Å². The molecule has 122 valence electrons. The van der Waals surface area contributed by atoms with E-state index in [9.17, 15) is 9.59 Å². The van der Waals surface area contributed by atoms with E-state index in [1.54, 1.807) is 35.9 Å². The van der Waals surface area contributed by atoms with Crippen LogP contribution in [0.3, 0.4) is 0 Å². The van der Waals surface area contributed by atoms with Crippen molar-refractivity contribution in [3.8, 4) is 5.75 Å². The van der Waals surface area contributed by atoms with Crippen LogP contribution in [-0.4, -0.2) is 29.8 Å². The molecule has 2 rings (SSSR count). The second-order valence-electron chi connectivity index (χ2n) is 5.01. The molecular weight excluding hydrogens is 296 g/mol. The third-order valence-electron chi connectivity index (χ3n) is 3.26. The lowest BCUT2D eigenvalue weighted by atomic mass is 10.2. The van der Waals surface area contributed by atoms with E-state index in [2.05, 4.69) is 5.43 Å². The number of amides is 1. The molecule has 6 nitrogen and oxygen atoms in total. The number of benzene rings is 1. The first-order valence-corrected chi connectivity index (χ1v) is 7.36. The van der Waals surface area contributed by atoms with Crippen LogP contribution in [0.15, 0.2) is 36.4 Å². The highest BCUT2D eigenvalue weighted by atomic mass is 16.6. The smallest absolute Gasteiger partial charge is 0.344 e. The number of aryl methyl sites for hydroxylation is 2. The summed E-state index contributed by atoms with van der Waals surface area (Å²) in [7, 11) is 0. The Hall–Kier alpha value is -2.76. The van der Waals surface area contributed by atoms with Crippen molar-refractivity contribution in [2.75, 3.05) is 18.6 Å². The Labute approximate surface area is 135 Å². The van der Waals surface area contributed by atoms with Gasteiger partial charge in [-0.3, -0.25) is 14.9 Å². The predicted molar refractivity (Wildman–Crippen MR) is 86.2 cm³/mol. The summed E-state index contributed by atoms with van der Waals surface area (Å²) in [4.78, 5) is 23.5. The van der Waals surface area contributed by atoms with Crippen molar-refractivity contribution >= 4 is 11.9 Å². The molecule has 0 aliphatic heterocycles. The van der Waals surface area contributed by atoms with Crippen LogP contribution >= 0.6 is 0 Å². The number of carbonyl (C=O) groups excluding carboxylic acids is 2. The zero-order valence-corrected chi connectivity index (χ0v) is 13.5. The Morgan fingerprint density at radius 3 is 2.22 bits per heavy atom. The van der Waals surface area contributed by atoms with Gasteiger partial charge in [-0.05, 0) is 57.2 Å². The van der Waals surface area contributed by atoms with Crippen LogP contribution in [0.1, 0.15) is 28.7 Å². The van der Waals surface area contributed by atoms with E-state index in [0.29, 0.717) is 17.9 Å². The minimum absolute atomic E-state index is 0.152. The highest BCUT2D eigenvalue weighted by Gasteiger charge is 2.09. The summed E-state index contributed by atoms with van der Waals surface area (Å²) in [6.07, 6.45) is 0. The topological polar surface area (TPSA) is 69.6 Å². The summed E-state index contributed by atoms with van der Waals surface area (Å²) < 4.78 is 11.8. The zero-order valence-electron chi connectivity index (χ0n) is 13.5. The van der Waals surface area contributed by atoms with Gasteiger partial charge in [0.05, 0.1) is 6.61 Å². The number of aromatic nitrogens is 1. The first kappa shape index (κ1) is 16.6. The summed E-state index contributed by atoms with van der Waals surface area (Å²) in [5.41, 5.74) is 5.22. The lowest BCUT2D eigenvalue weighted by Crippen LogP contribution is -2.24. The molecule has 2 aromatic rings. The number of hydrogen-bond donors (Lipinski definition) is 1. The van der Waals surface area contributed by atoms with Gasteiger partial charge in [0, 0.05) is 17.0 Å². The van der Waals surface area contributed by atoms with E-state index in [4.69, 9.17) is 9.47 Å². The maximum atomic E-state index is 12.2. The third kappa shape index (κ3) is 4.35. The molecule has 0 atom stereocenters. The van der Waals surface area contributed by atoms with Crippen molar-refractivity contribution in [3.63, 3.8) is 0 Å². The monoisotopic (exact) mass is 316 g/mol. The molecule has 6 heteroatoms. The molecule has 0 aliphatic rings. The molecule has 23 heavy (non-hydrogen) atoms. The molecule has 1 amide bonds. The van der Waals surface area contributed by atoms with Gasteiger partial charge < -0.3 is 9.47 Å². The Morgan fingerprint density at radius 2 is 1.65 bits per heavy atom. The molecule has 0 unspecified atom stereocenters. The van der Waals surface area contributed by atoms with Crippen molar-refractivity contribution < 1.29 is 19.1 Å². The Bertz CT molecular complexity index is 670. The van der Waals surface area contributed by atoms with Crippen LogP contribution in [-0.2, 0) is 9.53 Å². The van der Waals surface area contributed by atoms with E-state index in [-0.39, 0.29) is 12.5 Å². The summed E-state index contributed by atoms with van der Waals surface area (Å²) in [6, 6.07) is 10.4. The first-order valence-electron chi connectivity index (χ1n) is 7.36. The third-order valence-corrected chi connectivity index (χ3v) is 3.26. The Kier molecular flexibility index (Phi) is 5.41. The largest absolute Gasteiger partial charge is 0.482 e. The minimum Gasteiger partial charge on any atom is -0.482 e. The van der Waals surface area contributed by atoms with Gasteiger partial charge in [-0.1, -0.05) is 0 Å². The molecule has 1 aromatic carbocycles. The van der Waals surface area contributed by atoms with E-state index < -0.39 is 5.97 Å². The normalized spacial score (nSPS) is 10.2. The molecule has 0 saturated heterocycles. The van der Waals surface area contributed by atoms with Crippen molar-refractivity contribution in [3.05, 3.63) is 53.3 Å². The summed E-state index contributed by atoms with van der Waals surface area (Å²) in [5, 5.41) is 0. The molecular formula is C17H20N2O4. The molecule has 0 bridgehead atoms. The fourth-order valence-electron chi connectivity index (χ4n) is 2.06. The van der Waals surface area contributed by atoms with Gasteiger partial charge in [-0.2, -0.15) is 0 Å². The van der Waals surface area contributed by atoms with Gasteiger partial charge in [-0.25, -0.2) is 4.79 Å². The molecule has 0 saturated carbocycles. The number of hydrogen-bond acceptors (Lipinski definition) is 4. The highest BCUT2D eigenvalue weighted by Crippen LogP contribution is 2.13. The quantitative estimate of drug-likeness (QED) is 0.831. The van der Waals surface area contributed by atoms with Crippen LogP contribution in [0.4, 0.5) is 0 Å². The van der Waals surface area contributed by atoms with E-state index in [0.717, 1.165) is 11.4 Å². The standard InChI is InChI=1S/C17H20N2O4/c1-4-22-16(20)11-23-15-9-7-14(8-10-15)17(21)18-19-12(2)5-6-13(19)3/h5-10H,4,11H2,1-3H3,(H,18,21). The Morgan fingerprint density at radius 1 is 1.04 bits per heavy atom. The van der Waals surface area contributed by atoms with Crippen molar-refractivity contribution in [2.24, 2.45) is 0 Å². The van der Waals surface area contributed by atoms with Crippen LogP contribution in [0.5, 0.6) is 5.75 Å². The zero-order chi connectivity index (χ0) is 16.8. The van der Waals surface area contributed by atoms with Gasteiger partial charge in [-0.15, -0.1) is 0 Å². The average Bonchev–Trinajstić information content (AvgIpc) is 2.85. The maximum Gasteiger partial charge on any atom is 0.344 e. The maximum absolute atomic E-state index is 12.2. The van der Waals surface area contributed by atoms with Gasteiger partial charge >= 0.3 is 5.97 Å². The predicted octanol–water partition coefficient (Wildman–Crippen LogP) is 2.43. The number of ether oxygens (including phenoxy) is 2. The number of carbonyl (C=O) groups is 2. The fourth-order valence-corrected chi connectivity index (χ4v) is 2.06. The van der Waals surface area contributed by atoms with E-state index in [1.807, 2.05) is 26.0 Å². The van der Waals surface area contributed by atoms with Gasteiger partial charge in [0.25, 0.3) is 5.91 Å². The van der Waals surface area contributed by atoms with Gasteiger partial charge in [0.2, 0.25) is 0 Å². The number of esters is 1. The molecule has 0 spiro atoms. The second kappa shape index (κ2) is 7.49. The van der Waals surface area contributed by atoms with Crippen LogP contribution in [0, 0.1) is 13.8 Å². The molecule has 1 heterocycles. The van der Waals surface area contributed by atoms with Crippen LogP contribution < -0.4 is 10.2 Å². The SMILES string of the molecule is CCOC(=O)COc1ccc(C(=O)Nn2c(C)ccc2C)cc1. The number of nitrogens with one attached hydrogen (secondary N) is 1. The van der Waals surface area contributed by atoms with Crippen LogP contribution in [0.25, 0.3) is 0 Å². The number of rotatable bonds is 6. The molecule has 0 aliphatic carbocycles. The summed E-state index contributed by atoms with van der Waals surface area (Å²) in [5.74, 6) is -0.139. The molecule has 0 radical (unpaired) electrons. The molecule has 0 fully saturated rings. The lowest BCUT2D eigenvalue weighted by Gasteiger charge is -2.11. The summed E-state index contributed by atoms with van der Waals surface area (Å²) >= 11 is 0. The van der Waals surface area contributed by atoms with Gasteiger partial charge in [0.1, 0.15) is 5.75 Å². The average molecular weight is 316 g/mol. The van der Waals surface area contributed by atoms with E-state index in [1.165, 1.54) is 0 Å². The van der Waals surface area contributed by atoms with Crippen molar-refractivity contribution in [1.82, 2.24) is 4.68 Å². The summed E-state index contributed by atoms with van der Waals surface area (Å²) in [6.45, 7) is 5.74.